The molecule has 2 heterocycles. The largest absolute Gasteiger partial charge is 0.369 e. The van der Waals surface area contributed by atoms with Gasteiger partial charge in [0.25, 0.3) is 5.56 Å². The number of hydrogen-bond acceptors (Lipinski definition) is 4. The van der Waals surface area contributed by atoms with Crippen LogP contribution in [0.1, 0.15) is 0 Å². The first-order valence-electron chi connectivity index (χ1n) is 3.08. The van der Waals surface area contributed by atoms with E-state index in [2.05, 4.69) is 35.9 Å². The van der Waals surface area contributed by atoms with Gasteiger partial charge in [-0.1, -0.05) is 0 Å². The van der Waals surface area contributed by atoms with E-state index in [1.807, 2.05) is 0 Å². The average molecular weight is 311 g/mol. The fourth-order valence-corrected chi connectivity index (χ4v) is 1.26. The molecule has 6 nitrogen and oxygen atoms in total. The normalized spacial score (nSPS) is 9.92. The van der Waals surface area contributed by atoms with Gasteiger partial charge in [0.05, 0.1) is 0 Å². The van der Waals surface area contributed by atoms with E-state index in [1.54, 1.807) is 0 Å². The van der Waals surface area contributed by atoms with Gasteiger partial charge >= 0.3 is 0 Å². The van der Waals surface area contributed by atoms with Crippen LogP contribution < -0.4 is 11.3 Å². The van der Waals surface area contributed by atoms with Crippen LogP contribution in [-0.4, -0.2) is 19.9 Å². The van der Waals surface area contributed by atoms with Crippen LogP contribution in [-0.2, 0) is 0 Å². The summed E-state index contributed by atoms with van der Waals surface area (Å²) in [4.78, 5) is 23.9. The maximum absolute atomic E-state index is 11.1. The van der Waals surface area contributed by atoms with Crippen molar-refractivity contribution < 1.29 is 0 Å². The summed E-state index contributed by atoms with van der Waals surface area (Å²) in [7, 11) is 0. The molecule has 0 bridgehead atoms. The quantitative estimate of drug-likeness (QED) is 0.619. The number of halogens is 2. The molecule has 13 heavy (non-hydrogen) atoms. The number of hydrogen-bond donors (Lipinski definition) is 3. The number of nitrogens with one attached hydrogen (secondary N) is 2. The highest BCUT2D eigenvalue weighted by Crippen LogP contribution is 2.08. The van der Waals surface area contributed by atoms with Crippen LogP contribution in [0.3, 0.4) is 0 Å². The molecule has 0 aliphatic heterocycles. The molecular formula is C5H5Br2N5O. The number of aromatic amines is 2. The monoisotopic (exact) mass is 309 g/mol. The van der Waals surface area contributed by atoms with Crippen molar-refractivity contribution in [2.24, 2.45) is 0 Å². The second kappa shape index (κ2) is 3.46. The average Bonchev–Trinajstić information content (AvgIpc) is 2.29. The van der Waals surface area contributed by atoms with Crippen molar-refractivity contribution in [3.63, 3.8) is 0 Å². The van der Waals surface area contributed by atoms with Crippen molar-refractivity contribution >= 4 is 50.0 Å². The Morgan fingerprint density at radius 1 is 1.31 bits per heavy atom. The van der Waals surface area contributed by atoms with Gasteiger partial charge in [0.15, 0.2) is 15.9 Å². The van der Waals surface area contributed by atoms with Crippen LogP contribution in [0.25, 0.3) is 11.2 Å². The van der Waals surface area contributed by atoms with E-state index >= 15 is 0 Å². The van der Waals surface area contributed by atoms with Crippen LogP contribution in [0.15, 0.2) is 9.53 Å². The summed E-state index contributed by atoms with van der Waals surface area (Å²) in [5, 5.41) is 0. The predicted molar refractivity (Wildman–Crippen MR) is 56.9 cm³/mol. The molecule has 0 aromatic carbocycles. The summed E-state index contributed by atoms with van der Waals surface area (Å²) in [6.45, 7) is 0. The molecular weight excluding hydrogens is 306 g/mol. The number of nitrogens with two attached hydrogens (primary N) is 1. The number of nitrogen functional groups attached to an aromatic ring is 1. The van der Waals surface area contributed by atoms with Gasteiger partial charge in [-0.25, -0.2) is 4.98 Å². The van der Waals surface area contributed by atoms with Gasteiger partial charge in [-0.15, -0.1) is 17.0 Å². The van der Waals surface area contributed by atoms with Crippen molar-refractivity contribution in [1.29, 1.82) is 0 Å². The van der Waals surface area contributed by atoms with Gasteiger partial charge in [-0.2, -0.15) is 4.98 Å². The SMILES string of the molecule is Br.Nc1nc2nc(Br)[nH]c2c(=O)[nH]1. The maximum atomic E-state index is 11.1. The Labute approximate surface area is 90.9 Å². The molecule has 0 radical (unpaired) electrons. The molecule has 2 rings (SSSR count). The third kappa shape index (κ3) is 1.73. The number of imidazole rings is 1. The first kappa shape index (κ1) is 10.2. The molecule has 0 unspecified atom stereocenters. The van der Waals surface area contributed by atoms with Crippen LogP contribution in [0.4, 0.5) is 5.95 Å². The Hall–Kier alpha value is -0.890. The molecule has 0 saturated heterocycles. The van der Waals surface area contributed by atoms with E-state index in [4.69, 9.17) is 5.73 Å². The topological polar surface area (TPSA) is 100 Å². The van der Waals surface area contributed by atoms with Crippen LogP contribution in [0.5, 0.6) is 0 Å². The third-order valence-electron chi connectivity index (χ3n) is 1.35. The Bertz CT molecular complexity index is 489. The third-order valence-corrected chi connectivity index (χ3v) is 1.73. The van der Waals surface area contributed by atoms with E-state index in [0.717, 1.165) is 0 Å². The standard InChI is InChI=1S/C5H4BrN5O.BrH/c6-4-8-1-2(9-4)10-5(7)11-3(1)12;/h(H4,7,8,9,10,11,12);1H. The lowest BCUT2D eigenvalue weighted by Gasteiger charge is -1.89. The van der Waals surface area contributed by atoms with Crippen LogP contribution in [0, 0.1) is 0 Å². The van der Waals surface area contributed by atoms with E-state index < -0.39 is 0 Å². The van der Waals surface area contributed by atoms with Gasteiger partial charge in [0, 0.05) is 0 Å². The fourth-order valence-electron chi connectivity index (χ4n) is 0.896. The molecule has 0 aliphatic rings. The molecule has 0 saturated carbocycles. The van der Waals surface area contributed by atoms with Crippen molar-refractivity contribution in [1.82, 2.24) is 19.9 Å². The maximum Gasteiger partial charge on any atom is 0.278 e. The lowest BCUT2D eigenvalue weighted by atomic mass is 10.5. The van der Waals surface area contributed by atoms with E-state index in [9.17, 15) is 4.79 Å². The van der Waals surface area contributed by atoms with Gasteiger partial charge in [-0.3, -0.25) is 9.78 Å². The molecule has 0 amide bonds. The van der Waals surface area contributed by atoms with Crippen LogP contribution in [0.2, 0.25) is 0 Å². The summed E-state index contributed by atoms with van der Waals surface area (Å²) >= 11 is 3.08. The molecule has 2 aromatic heterocycles. The molecule has 70 valence electrons. The van der Waals surface area contributed by atoms with Crippen molar-refractivity contribution in [3.05, 3.63) is 15.1 Å². The lowest BCUT2D eigenvalue weighted by molar-refractivity contribution is 1.17. The number of nitrogens with zero attached hydrogens (tertiary/aromatic N) is 2. The number of fused-ring (bicyclic) bond motifs is 1. The van der Waals surface area contributed by atoms with E-state index in [0.29, 0.717) is 15.9 Å². The van der Waals surface area contributed by atoms with Crippen molar-refractivity contribution in [3.8, 4) is 0 Å². The highest BCUT2D eigenvalue weighted by molar-refractivity contribution is 9.10. The van der Waals surface area contributed by atoms with Gasteiger partial charge < -0.3 is 10.7 Å². The first-order chi connectivity index (χ1) is 5.66. The summed E-state index contributed by atoms with van der Waals surface area (Å²) in [6.07, 6.45) is 0. The number of H-pyrrole nitrogens is 2. The van der Waals surface area contributed by atoms with E-state index in [1.165, 1.54) is 0 Å². The van der Waals surface area contributed by atoms with Gasteiger partial charge in [-0.05, 0) is 15.9 Å². The second-order valence-corrected chi connectivity index (χ2v) is 2.93. The summed E-state index contributed by atoms with van der Waals surface area (Å²) in [5.74, 6) is 0.0616. The minimum Gasteiger partial charge on any atom is -0.369 e. The first-order valence-corrected chi connectivity index (χ1v) is 3.87. The predicted octanol–water partition coefficient (Wildman–Crippen LogP) is 0.569. The number of aromatic nitrogens is 4. The molecule has 0 atom stereocenters. The smallest absolute Gasteiger partial charge is 0.278 e. The molecule has 4 N–H and O–H groups in total. The number of rotatable bonds is 0. The summed E-state index contributed by atoms with van der Waals surface area (Å²) in [5.41, 5.74) is 5.60. The molecule has 0 aliphatic carbocycles. The highest BCUT2D eigenvalue weighted by Gasteiger charge is 2.05. The van der Waals surface area contributed by atoms with Crippen LogP contribution >= 0.6 is 32.9 Å². The number of anilines is 1. The molecule has 8 heteroatoms. The second-order valence-electron chi connectivity index (χ2n) is 2.18. The Kier molecular flexibility index (Phi) is 2.71. The lowest BCUT2D eigenvalue weighted by Crippen LogP contribution is -2.10. The molecule has 0 fully saturated rings. The molecule has 2 aromatic rings. The Morgan fingerprint density at radius 3 is 2.69 bits per heavy atom. The van der Waals surface area contributed by atoms with Gasteiger partial charge in [0.2, 0.25) is 5.95 Å². The Morgan fingerprint density at radius 2 is 2.00 bits per heavy atom. The van der Waals surface area contributed by atoms with E-state index in [-0.39, 0.29) is 28.5 Å². The highest BCUT2D eigenvalue weighted by atomic mass is 79.9. The Balaban J connectivity index is 0.000000845. The van der Waals surface area contributed by atoms with Crippen molar-refractivity contribution in [2.75, 3.05) is 5.73 Å². The van der Waals surface area contributed by atoms with Crippen molar-refractivity contribution in [2.45, 2.75) is 0 Å². The zero-order valence-electron chi connectivity index (χ0n) is 6.17. The summed E-state index contributed by atoms with van der Waals surface area (Å²) < 4.78 is 0.459. The van der Waals surface area contributed by atoms with Gasteiger partial charge in [0.1, 0.15) is 0 Å². The molecule has 0 spiro atoms. The minimum absolute atomic E-state index is 0. The minimum atomic E-state index is -0.323. The zero-order valence-corrected chi connectivity index (χ0v) is 9.47. The summed E-state index contributed by atoms with van der Waals surface area (Å²) in [6, 6.07) is 0. The fraction of sp³-hybridized carbons (Fsp3) is 0. The zero-order chi connectivity index (χ0) is 8.72.